The Morgan fingerprint density at radius 2 is 2.10 bits per heavy atom. The van der Waals surface area contributed by atoms with E-state index in [0.717, 1.165) is 17.7 Å². The summed E-state index contributed by atoms with van der Waals surface area (Å²) in [5.41, 5.74) is 0.161. The lowest BCUT2D eigenvalue weighted by atomic mass is 10.1. The molecule has 1 saturated carbocycles. The summed E-state index contributed by atoms with van der Waals surface area (Å²) in [5.74, 6) is -0.336. The zero-order chi connectivity index (χ0) is 14.1. The van der Waals surface area contributed by atoms with Gasteiger partial charge in [-0.05, 0) is 42.5 Å². The Morgan fingerprint density at radius 1 is 1.30 bits per heavy atom. The van der Waals surface area contributed by atoms with Crippen molar-refractivity contribution in [1.82, 2.24) is 4.90 Å². The van der Waals surface area contributed by atoms with Gasteiger partial charge in [0, 0.05) is 10.9 Å². The van der Waals surface area contributed by atoms with Crippen LogP contribution in [0.1, 0.15) is 28.1 Å². The van der Waals surface area contributed by atoms with Crippen LogP contribution >= 0.6 is 11.3 Å². The lowest BCUT2D eigenvalue weighted by molar-refractivity contribution is 0.0728. The van der Waals surface area contributed by atoms with Gasteiger partial charge in [-0.25, -0.2) is 0 Å². The van der Waals surface area contributed by atoms with E-state index in [9.17, 15) is 15.0 Å². The van der Waals surface area contributed by atoms with Crippen LogP contribution in [0.5, 0.6) is 11.5 Å². The number of rotatable bonds is 4. The summed E-state index contributed by atoms with van der Waals surface area (Å²) in [4.78, 5) is 15.5. The molecule has 1 fully saturated rings. The number of phenolic OH excluding ortho intramolecular Hbond substituents is 2. The van der Waals surface area contributed by atoms with Crippen LogP contribution in [0, 0.1) is 0 Å². The summed E-state index contributed by atoms with van der Waals surface area (Å²) in [7, 11) is 0. The molecule has 2 aromatic rings. The van der Waals surface area contributed by atoms with Gasteiger partial charge < -0.3 is 15.1 Å². The highest BCUT2D eigenvalue weighted by atomic mass is 32.1. The summed E-state index contributed by atoms with van der Waals surface area (Å²) in [6, 6.07) is 8.23. The molecule has 1 aliphatic rings. The van der Waals surface area contributed by atoms with Gasteiger partial charge in [0.15, 0.2) is 0 Å². The predicted molar refractivity (Wildman–Crippen MR) is 77.0 cm³/mol. The normalized spacial score (nSPS) is 14.2. The van der Waals surface area contributed by atoms with Crippen LogP contribution in [0.15, 0.2) is 35.7 Å². The molecular weight excluding hydrogens is 274 g/mol. The van der Waals surface area contributed by atoms with Crippen LogP contribution < -0.4 is 0 Å². The third-order valence-electron chi connectivity index (χ3n) is 3.37. The van der Waals surface area contributed by atoms with Crippen molar-refractivity contribution in [2.45, 2.75) is 25.4 Å². The minimum atomic E-state index is -0.227. The number of carbonyl (C=O) groups is 1. The largest absolute Gasteiger partial charge is 0.508 e. The van der Waals surface area contributed by atoms with Gasteiger partial charge in [0.05, 0.1) is 12.1 Å². The molecule has 0 bridgehead atoms. The number of thiophene rings is 1. The van der Waals surface area contributed by atoms with Crippen LogP contribution in [-0.2, 0) is 6.54 Å². The average molecular weight is 289 g/mol. The number of nitrogens with zero attached hydrogens (tertiary/aromatic N) is 1. The van der Waals surface area contributed by atoms with E-state index in [0.29, 0.717) is 6.54 Å². The van der Waals surface area contributed by atoms with Crippen LogP contribution in [0.4, 0.5) is 0 Å². The lowest BCUT2D eigenvalue weighted by Crippen LogP contribution is -2.32. The molecule has 1 heterocycles. The van der Waals surface area contributed by atoms with Crippen LogP contribution in [-0.4, -0.2) is 27.1 Å². The average Bonchev–Trinajstić information content (AvgIpc) is 3.15. The van der Waals surface area contributed by atoms with Crippen molar-refractivity contribution in [3.63, 3.8) is 0 Å². The minimum absolute atomic E-state index is 0.0157. The first kappa shape index (κ1) is 13.0. The Morgan fingerprint density at radius 3 is 2.75 bits per heavy atom. The molecule has 4 nitrogen and oxygen atoms in total. The van der Waals surface area contributed by atoms with Gasteiger partial charge in [0.25, 0.3) is 5.91 Å². The van der Waals surface area contributed by atoms with E-state index in [4.69, 9.17) is 0 Å². The Kier molecular flexibility index (Phi) is 3.36. The molecule has 1 aliphatic carbocycles. The highest BCUT2D eigenvalue weighted by molar-refractivity contribution is 7.09. The van der Waals surface area contributed by atoms with Gasteiger partial charge in [-0.1, -0.05) is 6.07 Å². The number of benzene rings is 1. The van der Waals surface area contributed by atoms with Gasteiger partial charge >= 0.3 is 0 Å². The van der Waals surface area contributed by atoms with Crippen LogP contribution in [0.25, 0.3) is 0 Å². The van der Waals surface area contributed by atoms with E-state index in [1.54, 1.807) is 16.2 Å². The zero-order valence-corrected chi connectivity index (χ0v) is 11.6. The quantitative estimate of drug-likeness (QED) is 0.851. The molecule has 0 aliphatic heterocycles. The first-order valence-corrected chi connectivity index (χ1v) is 7.38. The molecule has 5 heteroatoms. The van der Waals surface area contributed by atoms with E-state index in [-0.39, 0.29) is 29.0 Å². The monoisotopic (exact) mass is 289 g/mol. The fraction of sp³-hybridized carbons (Fsp3) is 0.267. The number of amides is 1. The first-order chi connectivity index (χ1) is 9.65. The highest BCUT2D eigenvalue weighted by Crippen LogP contribution is 2.33. The molecule has 1 amide bonds. The Bertz CT molecular complexity index is 620. The summed E-state index contributed by atoms with van der Waals surface area (Å²) in [6.07, 6.45) is 1.99. The molecule has 1 aromatic heterocycles. The van der Waals surface area contributed by atoms with Gasteiger partial charge in [0.1, 0.15) is 11.5 Å². The zero-order valence-electron chi connectivity index (χ0n) is 10.8. The SMILES string of the molecule is O=C(c1cc(O)ccc1O)N(Cc1cccs1)C1CC1. The Labute approximate surface area is 120 Å². The molecule has 0 atom stereocenters. The van der Waals surface area contributed by atoms with E-state index >= 15 is 0 Å². The summed E-state index contributed by atoms with van der Waals surface area (Å²) >= 11 is 1.61. The van der Waals surface area contributed by atoms with Crippen LogP contribution in [0.2, 0.25) is 0 Å². The van der Waals surface area contributed by atoms with Crippen molar-refractivity contribution in [2.24, 2.45) is 0 Å². The van der Waals surface area contributed by atoms with E-state index in [2.05, 4.69) is 0 Å². The van der Waals surface area contributed by atoms with Gasteiger partial charge in [-0.3, -0.25) is 4.79 Å². The number of phenols is 2. The predicted octanol–water partition coefficient (Wildman–Crippen LogP) is 2.96. The van der Waals surface area contributed by atoms with Crippen molar-refractivity contribution in [2.75, 3.05) is 0 Å². The number of hydrogen-bond donors (Lipinski definition) is 2. The molecule has 0 radical (unpaired) electrons. The maximum absolute atomic E-state index is 12.6. The maximum Gasteiger partial charge on any atom is 0.258 e. The summed E-state index contributed by atoms with van der Waals surface area (Å²) in [6.45, 7) is 0.552. The number of aromatic hydroxyl groups is 2. The molecule has 0 spiro atoms. The highest BCUT2D eigenvalue weighted by Gasteiger charge is 2.34. The third kappa shape index (κ3) is 2.63. The van der Waals surface area contributed by atoms with E-state index < -0.39 is 0 Å². The number of hydrogen-bond acceptors (Lipinski definition) is 4. The molecule has 2 N–H and O–H groups in total. The molecule has 0 saturated heterocycles. The molecule has 3 rings (SSSR count). The standard InChI is InChI=1S/C15H15NO3S/c17-11-5-6-14(18)13(8-11)15(19)16(10-3-4-10)9-12-2-1-7-20-12/h1-2,5-8,10,17-18H,3-4,9H2. The summed E-state index contributed by atoms with van der Waals surface area (Å²) in [5, 5.41) is 21.3. The smallest absolute Gasteiger partial charge is 0.258 e. The van der Waals surface area contributed by atoms with Crippen molar-refractivity contribution >= 4 is 17.2 Å². The second-order valence-corrected chi connectivity index (χ2v) is 5.98. The molecule has 20 heavy (non-hydrogen) atoms. The summed E-state index contributed by atoms with van der Waals surface area (Å²) < 4.78 is 0. The third-order valence-corrected chi connectivity index (χ3v) is 4.23. The fourth-order valence-electron chi connectivity index (χ4n) is 2.17. The minimum Gasteiger partial charge on any atom is -0.508 e. The maximum atomic E-state index is 12.6. The van der Waals surface area contributed by atoms with Crippen molar-refractivity contribution in [3.8, 4) is 11.5 Å². The first-order valence-electron chi connectivity index (χ1n) is 6.50. The molecule has 0 unspecified atom stereocenters. The van der Waals surface area contributed by atoms with Gasteiger partial charge in [-0.2, -0.15) is 0 Å². The van der Waals surface area contributed by atoms with Crippen molar-refractivity contribution in [1.29, 1.82) is 0 Å². The molecule has 104 valence electrons. The number of carbonyl (C=O) groups excluding carboxylic acids is 1. The lowest BCUT2D eigenvalue weighted by Gasteiger charge is -2.22. The second kappa shape index (κ2) is 5.17. The Hall–Kier alpha value is -2.01. The fourth-order valence-corrected chi connectivity index (χ4v) is 2.88. The van der Waals surface area contributed by atoms with Gasteiger partial charge in [-0.15, -0.1) is 11.3 Å². The van der Waals surface area contributed by atoms with E-state index in [1.807, 2.05) is 17.5 Å². The molecule has 1 aromatic carbocycles. The van der Waals surface area contributed by atoms with Crippen molar-refractivity contribution < 1.29 is 15.0 Å². The van der Waals surface area contributed by atoms with E-state index in [1.165, 1.54) is 18.2 Å². The molecular formula is C15H15NO3S. The topological polar surface area (TPSA) is 60.8 Å². The Balaban J connectivity index is 1.87. The van der Waals surface area contributed by atoms with Crippen LogP contribution in [0.3, 0.4) is 0 Å². The second-order valence-electron chi connectivity index (χ2n) is 4.95. The van der Waals surface area contributed by atoms with Crippen molar-refractivity contribution in [3.05, 3.63) is 46.2 Å². The van der Waals surface area contributed by atoms with Gasteiger partial charge in [0.2, 0.25) is 0 Å².